The normalized spacial score (nSPS) is 18.7. The summed E-state index contributed by atoms with van der Waals surface area (Å²) in [6.07, 6.45) is 3.74. The average Bonchev–Trinajstić information content (AvgIpc) is 2.47. The number of nitrogens with one attached hydrogen (secondary N) is 1. The van der Waals surface area contributed by atoms with Crippen LogP contribution in [-0.2, 0) is 16.1 Å². The minimum Gasteiger partial charge on any atom is -0.377 e. The number of carbonyl (C=O) groups excluding carboxylic acids is 1. The molecule has 1 heterocycles. The number of ether oxygens (including phenoxy) is 1. The molecule has 1 saturated heterocycles. The van der Waals surface area contributed by atoms with E-state index in [1.54, 1.807) is 0 Å². The maximum Gasteiger partial charge on any atom is 0.234 e. The molecule has 116 valence electrons. The zero-order chi connectivity index (χ0) is 15.1. The smallest absolute Gasteiger partial charge is 0.234 e. The van der Waals surface area contributed by atoms with E-state index in [1.807, 2.05) is 36.2 Å². The number of carbonyl (C=O) groups is 1. The predicted octanol–water partition coefficient (Wildman–Crippen LogP) is 2.46. The summed E-state index contributed by atoms with van der Waals surface area (Å²) in [5.74, 6) is 0.0308. The molecule has 0 spiro atoms. The van der Waals surface area contributed by atoms with Crippen LogP contribution >= 0.6 is 11.6 Å². The molecule has 0 radical (unpaired) electrons. The molecular formula is C16H23ClN2O2. The molecular weight excluding hydrogens is 288 g/mol. The SMILES string of the molecule is CN(CC(=O)NCc1ccc(Cl)cc1)CC1CCCCO1. The van der Waals surface area contributed by atoms with Gasteiger partial charge in [-0.2, -0.15) is 0 Å². The zero-order valence-corrected chi connectivity index (χ0v) is 13.2. The Kier molecular flexibility index (Phi) is 6.49. The summed E-state index contributed by atoms with van der Waals surface area (Å²) in [7, 11) is 1.96. The highest BCUT2D eigenvalue weighted by Crippen LogP contribution is 2.13. The van der Waals surface area contributed by atoms with Gasteiger partial charge in [0.05, 0.1) is 12.6 Å². The lowest BCUT2D eigenvalue weighted by Gasteiger charge is -2.27. The quantitative estimate of drug-likeness (QED) is 0.877. The summed E-state index contributed by atoms with van der Waals surface area (Å²) in [6.45, 7) is 2.59. The standard InChI is InChI=1S/C16H23ClN2O2/c1-19(11-15-4-2-3-9-21-15)12-16(20)18-10-13-5-7-14(17)8-6-13/h5-8,15H,2-4,9-12H2,1H3,(H,18,20). The summed E-state index contributed by atoms with van der Waals surface area (Å²) in [6, 6.07) is 7.50. The van der Waals surface area contributed by atoms with E-state index < -0.39 is 0 Å². The highest BCUT2D eigenvalue weighted by atomic mass is 35.5. The molecule has 1 amide bonds. The lowest BCUT2D eigenvalue weighted by Crippen LogP contribution is -2.39. The highest BCUT2D eigenvalue weighted by molar-refractivity contribution is 6.30. The van der Waals surface area contributed by atoms with Crippen molar-refractivity contribution in [2.24, 2.45) is 0 Å². The minimum absolute atomic E-state index is 0.0308. The van der Waals surface area contributed by atoms with E-state index in [4.69, 9.17) is 16.3 Å². The number of benzene rings is 1. The molecule has 1 aliphatic rings. The summed E-state index contributed by atoms with van der Waals surface area (Å²) in [4.78, 5) is 13.9. The molecule has 0 aliphatic carbocycles. The number of amides is 1. The van der Waals surface area contributed by atoms with Crippen LogP contribution in [0, 0.1) is 0 Å². The van der Waals surface area contributed by atoms with Crippen LogP contribution in [0.4, 0.5) is 0 Å². The Morgan fingerprint density at radius 2 is 2.14 bits per heavy atom. The van der Waals surface area contributed by atoms with Crippen molar-refractivity contribution in [1.82, 2.24) is 10.2 Å². The largest absolute Gasteiger partial charge is 0.377 e. The number of hydrogen-bond acceptors (Lipinski definition) is 3. The van der Waals surface area contributed by atoms with Gasteiger partial charge in [0.1, 0.15) is 0 Å². The van der Waals surface area contributed by atoms with Gasteiger partial charge >= 0.3 is 0 Å². The molecule has 1 N–H and O–H groups in total. The van der Waals surface area contributed by atoms with Gasteiger partial charge in [0.15, 0.2) is 0 Å². The molecule has 0 bridgehead atoms. The third-order valence-electron chi connectivity index (χ3n) is 3.61. The maximum absolute atomic E-state index is 11.9. The number of rotatable bonds is 6. The number of hydrogen-bond donors (Lipinski definition) is 1. The number of halogens is 1. The average molecular weight is 311 g/mol. The van der Waals surface area contributed by atoms with Gasteiger partial charge in [-0.3, -0.25) is 9.69 Å². The fourth-order valence-corrected chi connectivity index (χ4v) is 2.59. The van der Waals surface area contributed by atoms with E-state index in [1.165, 1.54) is 6.42 Å². The van der Waals surface area contributed by atoms with Crippen LogP contribution in [0.1, 0.15) is 24.8 Å². The van der Waals surface area contributed by atoms with Crippen LogP contribution in [0.25, 0.3) is 0 Å². The van der Waals surface area contributed by atoms with Gasteiger partial charge in [0, 0.05) is 24.7 Å². The van der Waals surface area contributed by atoms with Crippen molar-refractivity contribution in [3.63, 3.8) is 0 Å². The highest BCUT2D eigenvalue weighted by Gasteiger charge is 2.17. The summed E-state index contributed by atoms with van der Waals surface area (Å²) in [5.41, 5.74) is 1.05. The third kappa shape index (κ3) is 6.04. The van der Waals surface area contributed by atoms with Gasteiger partial charge in [-0.1, -0.05) is 23.7 Å². The van der Waals surface area contributed by atoms with Gasteiger partial charge in [-0.15, -0.1) is 0 Å². The van der Waals surface area contributed by atoms with Gasteiger partial charge < -0.3 is 10.1 Å². The van der Waals surface area contributed by atoms with Crippen molar-refractivity contribution in [2.75, 3.05) is 26.7 Å². The van der Waals surface area contributed by atoms with Gasteiger partial charge in [-0.05, 0) is 44.0 Å². The van der Waals surface area contributed by atoms with Crippen molar-refractivity contribution in [3.8, 4) is 0 Å². The molecule has 5 heteroatoms. The van der Waals surface area contributed by atoms with Crippen LogP contribution < -0.4 is 5.32 Å². The van der Waals surface area contributed by atoms with Crippen molar-refractivity contribution in [2.45, 2.75) is 31.9 Å². The molecule has 4 nitrogen and oxygen atoms in total. The van der Waals surface area contributed by atoms with E-state index >= 15 is 0 Å². The Morgan fingerprint density at radius 1 is 1.38 bits per heavy atom. The molecule has 1 unspecified atom stereocenters. The molecule has 1 aromatic rings. The zero-order valence-electron chi connectivity index (χ0n) is 12.5. The van der Waals surface area contributed by atoms with Crippen molar-refractivity contribution in [3.05, 3.63) is 34.9 Å². The predicted molar refractivity (Wildman–Crippen MR) is 84.4 cm³/mol. The van der Waals surface area contributed by atoms with Crippen LogP contribution in [0.5, 0.6) is 0 Å². The lowest BCUT2D eigenvalue weighted by molar-refractivity contribution is -0.122. The fourth-order valence-electron chi connectivity index (χ4n) is 2.47. The van der Waals surface area contributed by atoms with E-state index in [-0.39, 0.29) is 12.0 Å². The monoisotopic (exact) mass is 310 g/mol. The number of nitrogens with zero attached hydrogens (tertiary/aromatic N) is 1. The lowest BCUT2D eigenvalue weighted by atomic mass is 10.1. The van der Waals surface area contributed by atoms with Crippen molar-refractivity contribution in [1.29, 1.82) is 0 Å². The fraction of sp³-hybridized carbons (Fsp3) is 0.562. The van der Waals surface area contributed by atoms with Gasteiger partial charge in [0.25, 0.3) is 0 Å². The first-order valence-electron chi connectivity index (χ1n) is 7.45. The Labute approximate surface area is 131 Å². The molecule has 1 aromatic carbocycles. The molecule has 0 aromatic heterocycles. The minimum atomic E-state index is 0.0308. The van der Waals surface area contributed by atoms with E-state index in [0.29, 0.717) is 18.1 Å². The molecule has 0 saturated carbocycles. The second-order valence-electron chi connectivity index (χ2n) is 5.59. The van der Waals surface area contributed by atoms with E-state index in [2.05, 4.69) is 5.32 Å². The molecule has 1 aliphatic heterocycles. The Hall–Kier alpha value is -1.10. The topological polar surface area (TPSA) is 41.6 Å². The first-order chi connectivity index (χ1) is 10.1. The summed E-state index contributed by atoms with van der Waals surface area (Å²) < 4.78 is 5.68. The Balaban J connectivity index is 1.67. The van der Waals surface area contributed by atoms with E-state index in [9.17, 15) is 4.79 Å². The molecule has 2 rings (SSSR count). The molecule has 1 fully saturated rings. The van der Waals surface area contributed by atoms with E-state index in [0.717, 1.165) is 31.6 Å². The van der Waals surface area contributed by atoms with Gasteiger partial charge in [-0.25, -0.2) is 0 Å². The summed E-state index contributed by atoms with van der Waals surface area (Å²) >= 11 is 5.83. The maximum atomic E-state index is 11.9. The number of likely N-dealkylation sites (N-methyl/N-ethyl adjacent to an activating group) is 1. The third-order valence-corrected chi connectivity index (χ3v) is 3.86. The first-order valence-corrected chi connectivity index (χ1v) is 7.82. The Bertz CT molecular complexity index is 444. The second-order valence-corrected chi connectivity index (χ2v) is 6.02. The van der Waals surface area contributed by atoms with Crippen LogP contribution in [0.15, 0.2) is 24.3 Å². The molecule has 1 atom stereocenters. The van der Waals surface area contributed by atoms with Crippen molar-refractivity contribution < 1.29 is 9.53 Å². The summed E-state index contributed by atoms with van der Waals surface area (Å²) in [5, 5.41) is 3.63. The van der Waals surface area contributed by atoms with Crippen LogP contribution in [-0.4, -0.2) is 43.7 Å². The molecule has 21 heavy (non-hydrogen) atoms. The van der Waals surface area contributed by atoms with Crippen LogP contribution in [0.2, 0.25) is 5.02 Å². The van der Waals surface area contributed by atoms with Crippen LogP contribution in [0.3, 0.4) is 0 Å². The van der Waals surface area contributed by atoms with Crippen molar-refractivity contribution >= 4 is 17.5 Å². The second kappa shape index (κ2) is 8.37. The van der Waals surface area contributed by atoms with Gasteiger partial charge in [0.2, 0.25) is 5.91 Å². The first kappa shape index (κ1) is 16.3. The Morgan fingerprint density at radius 3 is 2.81 bits per heavy atom.